The van der Waals surface area contributed by atoms with Gasteiger partial charge in [0.25, 0.3) is 0 Å². The maximum Gasteiger partial charge on any atom is 0.00785 e. The minimum Gasteiger partial charge on any atom is -0.317 e. The van der Waals surface area contributed by atoms with Crippen LogP contribution >= 0.6 is 0 Å². The Labute approximate surface area is 95.8 Å². The van der Waals surface area contributed by atoms with E-state index in [4.69, 9.17) is 0 Å². The van der Waals surface area contributed by atoms with Gasteiger partial charge in [0.05, 0.1) is 0 Å². The highest BCUT2D eigenvalue weighted by Gasteiger charge is 2.11. The first-order chi connectivity index (χ1) is 6.97. The Balaban J connectivity index is 3.64. The van der Waals surface area contributed by atoms with Crippen LogP contribution in [0.3, 0.4) is 0 Å². The third kappa shape index (κ3) is 7.77. The predicted octanol–water partition coefficient (Wildman–Crippen LogP) is 1.26. The van der Waals surface area contributed by atoms with E-state index < -0.39 is 0 Å². The first-order valence-electron chi connectivity index (χ1n) is 5.99. The van der Waals surface area contributed by atoms with Gasteiger partial charge in [-0.05, 0) is 68.0 Å². The fraction of sp³-hybridized carbons (Fsp3) is 1.00. The molecule has 0 saturated carbocycles. The average molecular weight is 215 g/mol. The van der Waals surface area contributed by atoms with Gasteiger partial charge in [-0.25, -0.2) is 0 Å². The smallest absolute Gasteiger partial charge is 0.00785 e. The van der Waals surface area contributed by atoms with Crippen LogP contribution in [-0.2, 0) is 0 Å². The zero-order chi connectivity index (χ0) is 11.8. The van der Waals surface area contributed by atoms with Gasteiger partial charge in [-0.15, -0.1) is 0 Å². The maximum absolute atomic E-state index is 3.29. The van der Waals surface area contributed by atoms with Crippen LogP contribution in [0.4, 0.5) is 0 Å². The second-order valence-corrected chi connectivity index (χ2v) is 4.91. The summed E-state index contributed by atoms with van der Waals surface area (Å²) in [5.74, 6) is 0. The summed E-state index contributed by atoms with van der Waals surface area (Å²) in [7, 11) is 8.52. The Morgan fingerprint density at radius 3 is 2.13 bits per heavy atom. The molecule has 0 heterocycles. The van der Waals surface area contributed by atoms with E-state index in [0.29, 0.717) is 12.1 Å². The van der Waals surface area contributed by atoms with Crippen molar-refractivity contribution in [2.45, 2.75) is 38.8 Å². The van der Waals surface area contributed by atoms with Crippen molar-refractivity contribution in [3.63, 3.8) is 0 Å². The normalized spacial score (nSPS) is 16.0. The molecule has 0 saturated heterocycles. The lowest BCUT2D eigenvalue weighted by atomic mass is 10.1. The molecular weight excluding hydrogens is 186 g/mol. The van der Waals surface area contributed by atoms with Gasteiger partial charge in [0.1, 0.15) is 0 Å². The molecule has 0 aliphatic carbocycles. The zero-order valence-corrected chi connectivity index (χ0v) is 11.4. The summed E-state index contributed by atoms with van der Waals surface area (Å²) in [6.45, 7) is 6.92. The summed E-state index contributed by atoms with van der Waals surface area (Å²) in [5, 5.41) is 3.29. The molecule has 3 nitrogen and oxygen atoms in total. The maximum atomic E-state index is 3.29. The molecule has 0 spiro atoms. The Morgan fingerprint density at radius 2 is 1.67 bits per heavy atom. The third-order valence-electron chi connectivity index (χ3n) is 3.06. The van der Waals surface area contributed by atoms with Gasteiger partial charge < -0.3 is 15.1 Å². The molecule has 0 aliphatic heterocycles. The van der Waals surface area contributed by atoms with E-state index in [-0.39, 0.29) is 0 Å². The van der Waals surface area contributed by atoms with Crippen molar-refractivity contribution in [2.75, 3.05) is 41.3 Å². The second-order valence-electron chi connectivity index (χ2n) is 4.91. The summed E-state index contributed by atoms with van der Waals surface area (Å²) in [5.41, 5.74) is 0. The van der Waals surface area contributed by atoms with Crippen molar-refractivity contribution < 1.29 is 0 Å². The van der Waals surface area contributed by atoms with Crippen molar-refractivity contribution in [2.24, 2.45) is 0 Å². The second kappa shape index (κ2) is 8.08. The molecule has 0 aromatic heterocycles. The standard InChI is InChI=1S/C12H29N3/c1-11(13-3)10-12(2)15(6)9-7-8-14(4)5/h11-13H,7-10H2,1-6H3. The Morgan fingerprint density at radius 1 is 1.07 bits per heavy atom. The van der Waals surface area contributed by atoms with E-state index in [9.17, 15) is 0 Å². The van der Waals surface area contributed by atoms with Crippen LogP contribution in [0.2, 0.25) is 0 Å². The summed E-state index contributed by atoms with van der Waals surface area (Å²) >= 11 is 0. The molecule has 0 aromatic rings. The van der Waals surface area contributed by atoms with Gasteiger partial charge in [0.2, 0.25) is 0 Å². The first-order valence-corrected chi connectivity index (χ1v) is 5.99. The van der Waals surface area contributed by atoms with Crippen LogP contribution in [-0.4, -0.2) is 63.2 Å². The van der Waals surface area contributed by atoms with Crippen molar-refractivity contribution in [1.29, 1.82) is 0 Å². The van der Waals surface area contributed by atoms with Crippen LogP contribution < -0.4 is 5.32 Å². The summed E-state index contributed by atoms with van der Waals surface area (Å²) in [6.07, 6.45) is 2.47. The minimum atomic E-state index is 0.608. The van der Waals surface area contributed by atoms with Crippen LogP contribution in [0, 0.1) is 0 Å². The molecule has 0 amide bonds. The average Bonchev–Trinajstić information content (AvgIpc) is 2.16. The Kier molecular flexibility index (Phi) is 8.02. The van der Waals surface area contributed by atoms with Crippen LogP contribution in [0.5, 0.6) is 0 Å². The summed E-state index contributed by atoms with van der Waals surface area (Å²) in [4.78, 5) is 4.70. The van der Waals surface area contributed by atoms with E-state index in [1.165, 1.54) is 25.9 Å². The Bertz CT molecular complexity index is 148. The Hall–Kier alpha value is -0.120. The van der Waals surface area contributed by atoms with E-state index in [1.807, 2.05) is 7.05 Å². The summed E-state index contributed by atoms with van der Waals surface area (Å²) in [6, 6.07) is 1.27. The van der Waals surface area contributed by atoms with E-state index in [0.717, 1.165) is 0 Å². The highest BCUT2D eigenvalue weighted by atomic mass is 15.1. The van der Waals surface area contributed by atoms with Gasteiger partial charge in [-0.2, -0.15) is 0 Å². The van der Waals surface area contributed by atoms with E-state index >= 15 is 0 Å². The minimum absolute atomic E-state index is 0.608. The van der Waals surface area contributed by atoms with Crippen molar-refractivity contribution in [3.05, 3.63) is 0 Å². The van der Waals surface area contributed by atoms with E-state index in [1.54, 1.807) is 0 Å². The molecule has 2 unspecified atom stereocenters. The van der Waals surface area contributed by atoms with Crippen molar-refractivity contribution in [3.8, 4) is 0 Å². The molecule has 0 fully saturated rings. The van der Waals surface area contributed by atoms with Crippen LogP contribution in [0.15, 0.2) is 0 Å². The monoisotopic (exact) mass is 215 g/mol. The number of nitrogens with one attached hydrogen (secondary N) is 1. The molecule has 0 radical (unpaired) electrons. The number of hydrogen-bond acceptors (Lipinski definition) is 3. The molecular formula is C12H29N3. The highest BCUT2D eigenvalue weighted by Crippen LogP contribution is 2.05. The van der Waals surface area contributed by atoms with Gasteiger partial charge in [-0.1, -0.05) is 0 Å². The van der Waals surface area contributed by atoms with Crippen molar-refractivity contribution >= 4 is 0 Å². The van der Waals surface area contributed by atoms with Gasteiger partial charge in [0.15, 0.2) is 0 Å². The lowest BCUT2D eigenvalue weighted by Crippen LogP contribution is -2.36. The molecule has 1 N–H and O–H groups in total. The zero-order valence-electron chi connectivity index (χ0n) is 11.4. The third-order valence-corrected chi connectivity index (χ3v) is 3.06. The molecule has 0 bridgehead atoms. The fourth-order valence-corrected chi connectivity index (χ4v) is 1.67. The SMILES string of the molecule is CNC(C)CC(C)N(C)CCCN(C)C. The fourth-order valence-electron chi connectivity index (χ4n) is 1.67. The molecule has 3 heteroatoms. The highest BCUT2D eigenvalue weighted by molar-refractivity contribution is 4.70. The van der Waals surface area contributed by atoms with Crippen LogP contribution in [0.25, 0.3) is 0 Å². The van der Waals surface area contributed by atoms with Gasteiger partial charge >= 0.3 is 0 Å². The van der Waals surface area contributed by atoms with Gasteiger partial charge in [-0.3, -0.25) is 0 Å². The first kappa shape index (κ1) is 14.9. The van der Waals surface area contributed by atoms with E-state index in [2.05, 4.69) is 50.1 Å². The summed E-state index contributed by atoms with van der Waals surface area (Å²) < 4.78 is 0. The molecule has 2 atom stereocenters. The molecule has 0 rings (SSSR count). The van der Waals surface area contributed by atoms with Gasteiger partial charge in [0, 0.05) is 12.1 Å². The molecule has 15 heavy (non-hydrogen) atoms. The topological polar surface area (TPSA) is 18.5 Å². The molecule has 92 valence electrons. The lowest BCUT2D eigenvalue weighted by molar-refractivity contribution is 0.221. The lowest BCUT2D eigenvalue weighted by Gasteiger charge is -2.27. The largest absolute Gasteiger partial charge is 0.317 e. The molecule has 0 aliphatic rings. The van der Waals surface area contributed by atoms with Crippen LogP contribution in [0.1, 0.15) is 26.7 Å². The van der Waals surface area contributed by atoms with Crippen molar-refractivity contribution in [1.82, 2.24) is 15.1 Å². The molecule has 0 aromatic carbocycles. The number of rotatable bonds is 8. The predicted molar refractivity (Wildman–Crippen MR) is 68.4 cm³/mol. The number of hydrogen-bond donors (Lipinski definition) is 1. The quantitative estimate of drug-likeness (QED) is 0.657. The number of nitrogens with zero attached hydrogens (tertiary/aromatic N) is 2.